The first-order chi connectivity index (χ1) is 9.87. The molecule has 2 rings (SSSR count). The fourth-order valence-electron chi connectivity index (χ4n) is 2.64. The van der Waals surface area contributed by atoms with Crippen molar-refractivity contribution in [1.29, 1.82) is 0 Å². The Hall–Kier alpha value is -1.85. The standard InChI is InChI=1S/C15H23N3O3/c1-4-5-7-18-9-12(11(2)16-18)13(19)17-8-6-15(3,10-17)14(20)21/h9H,4-8,10H2,1-3H3,(H,20,21). The molecule has 1 aromatic heterocycles. The van der Waals surface area contributed by atoms with Crippen LogP contribution in [0.5, 0.6) is 0 Å². The van der Waals surface area contributed by atoms with Crippen molar-refractivity contribution in [3.05, 3.63) is 17.5 Å². The summed E-state index contributed by atoms with van der Waals surface area (Å²) in [6.45, 7) is 7.18. The quantitative estimate of drug-likeness (QED) is 0.900. The number of unbranched alkanes of at least 4 members (excludes halogenated alkanes) is 1. The van der Waals surface area contributed by atoms with Gasteiger partial charge in [0.15, 0.2) is 0 Å². The molecule has 1 aliphatic heterocycles. The summed E-state index contributed by atoms with van der Waals surface area (Å²) >= 11 is 0. The molecule has 1 aromatic rings. The summed E-state index contributed by atoms with van der Waals surface area (Å²) < 4.78 is 1.80. The smallest absolute Gasteiger partial charge is 0.311 e. The van der Waals surface area contributed by atoms with Crippen molar-refractivity contribution in [3.63, 3.8) is 0 Å². The Balaban J connectivity index is 2.11. The lowest BCUT2D eigenvalue weighted by Gasteiger charge is -2.19. The van der Waals surface area contributed by atoms with Crippen molar-refractivity contribution in [3.8, 4) is 0 Å². The molecule has 1 unspecified atom stereocenters. The van der Waals surface area contributed by atoms with Gasteiger partial charge in [-0.15, -0.1) is 0 Å². The van der Waals surface area contributed by atoms with Crippen LogP contribution in [0.2, 0.25) is 0 Å². The van der Waals surface area contributed by atoms with Crippen molar-refractivity contribution in [2.24, 2.45) is 5.41 Å². The van der Waals surface area contributed by atoms with Crippen molar-refractivity contribution < 1.29 is 14.7 Å². The third-order valence-corrected chi connectivity index (χ3v) is 4.19. The van der Waals surface area contributed by atoms with Crippen LogP contribution in [0.4, 0.5) is 0 Å². The van der Waals surface area contributed by atoms with Crippen molar-refractivity contribution in [1.82, 2.24) is 14.7 Å². The molecule has 0 radical (unpaired) electrons. The number of likely N-dealkylation sites (tertiary alicyclic amines) is 1. The number of amides is 1. The minimum atomic E-state index is -0.840. The van der Waals surface area contributed by atoms with E-state index in [1.807, 2.05) is 6.92 Å². The van der Waals surface area contributed by atoms with E-state index in [2.05, 4.69) is 12.0 Å². The Bertz CT molecular complexity index is 552. The molecular formula is C15H23N3O3. The lowest BCUT2D eigenvalue weighted by Crippen LogP contribution is -2.35. The molecule has 1 aliphatic rings. The summed E-state index contributed by atoms with van der Waals surface area (Å²) in [5.41, 5.74) is 0.461. The number of nitrogens with zero attached hydrogens (tertiary/aromatic N) is 3. The summed E-state index contributed by atoms with van der Waals surface area (Å²) in [4.78, 5) is 25.4. The van der Waals surface area contributed by atoms with Crippen LogP contribution in [0.1, 0.15) is 49.2 Å². The number of hydrogen-bond donors (Lipinski definition) is 1. The summed E-state index contributed by atoms with van der Waals surface area (Å²) in [6.07, 6.45) is 4.38. The van der Waals surface area contributed by atoms with Crippen molar-refractivity contribution in [2.75, 3.05) is 13.1 Å². The number of aromatic nitrogens is 2. The third kappa shape index (κ3) is 3.09. The van der Waals surface area contributed by atoms with Crippen molar-refractivity contribution >= 4 is 11.9 Å². The number of carbonyl (C=O) groups is 2. The highest BCUT2D eigenvalue weighted by Gasteiger charge is 2.42. The van der Waals surface area contributed by atoms with Gasteiger partial charge in [0.05, 0.1) is 16.7 Å². The van der Waals surface area contributed by atoms with Gasteiger partial charge in [0, 0.05) is 25.8 Å². The summed E-state index contributed by atoms with van der Waals surface area (Å²) in [6, 6.07) is 0. The largest absolute Gasteiger partial charge is 0.481 e. The Morgan fingerprint density at radius 3 is 2.76 bits per heavy atom. The van der Waals surface area contributed by atoms with Gasteiger partial charge in [-0.25, -0.2) is 0 Å². The Kier molecular flexibility index (Phi) is 4.34. The SMILES string of the molecule is CCCCn1cc(C(=O)N2CCC(C)(C(=O)O)C2)c(C)n1. The van der Waals surface area contributed by atoms with Gasteiger partial charge in [-0.1, -0.05) is 13.3 Å². The van der Waals surface area contributed by atoms with E-state index in [1.54, 1.807) is 22.7 Å². The number of carbonyl (C=O) groups excluding carboxylic acids is 1. The van der Waals surface area contributed by atoms with E-state index >= 15 is 0 Å². The Morgan fingerprint density at radius 1 is 1.48 bits per heavy atom. The molecule has 0 spiro atoms. The fourth-order valence-corrected chi connectivity index (χ4v) is 2.64. The van der Waals surface area contributed by atoms with E-state index in [1.165, 1.54) is 0 Å². The molecule has 1 amide bonds. The summed E-state index contributed by atoms with van der Waals surface area (Å²) in [5, 5.41) is 13.6. The highest BCUT2D eigenvalue weighted by molar-refractivity contribution is 5.95. The first-order valence-corrected chi connectivity index (χ1v) is 7.44. The van der Waals surface area contributed by atoms with Gasteiger partial charge in [0.1, 0.15) is 0 Å². The summed E-state index contributed by atoms with van der Waals surface area (Å²) in [7, 11) is 0. The molecule has 1 atom stereocenters. The number of carboxylic acid groups (broad SMARTS) is 1. The number of hydrogen-bond acceptors (Lipinski definition) is 3. The van der Waals surface area contributed by atoms with E-state index in [-0.39, 0.29) is 12.5 Å². The zero-order valence-corrected chi connectivity index (χ0v) is 12.9. The molecule has 1 saturated heterocycles. The van der Waals surface area contributed by atoms with Crippen LogP contribution in [0.25, 0.3) is 0 Å². The van der Waals surface area contributed by atoms with E-state index < -0.39 is 11.4 Å². The molecule has 116 valence electrons. The predicted octanol–water partition coefficient (Wildman–Crippen LogP) is 1.93. The average molecular weight is 293 g/mol. The van der Waals surface area contributed by atoms with Gasteiger partial charge in [-0.3, -0.25) is 14.3 Å². The van der Waals surface area contributed by atoms with Crippen LogP contribution in [0, 0.1) is 12.3 Å². The maximum atomic E-state index is 12.5. The number of aliphatic carboxylic acids is 1. The van der Waals surface area contributed by atoms with Crippen molar-refractivity contribution in [2.45, 2.75) is 46.6 Å². The van der Waals surface area contributed by atoms with Gasteiger partial charge in [-0.05, 0) is 26.7 Å². The van der Waals surface area contributed by atoms with E-state index in [9.17, 15) is 14.7 Å². The van der Waals surface area contributed by atoms with Gasteiger partial charge in [0.25, 0.3) is 5.91 Å². The molecular weight excluding hydrogens is 270 g/mol. The number of rotatable bonds is 5. The highest BCUT2D eigenvalue weighted by atomic mass is 16.4. The van der Waals surface area contributed by atoms with E-state index in [0.717, 1.165) is 19.4 Å². The van der Waals surface area contributed by atoms with Crippen LogP contribution in [-0.2, 0) is 11.3 Å². The van der Waals surface area contributed by atoms with Gasteiger partial charge in [-0.2, -0.15) is 5.10 Å². The van der Waals surface area contributed by atoms with E-state index in [4.69, 9.17) is 0 Å². The molecule has 1 N–H and O–H groups in total. The average Bonchev–Trinajstić information content (AvgIpc) is 3.00. The van der Waals surface area contributed by atoms with Gasteiger partial charge < -0.3 is 10.0 Å². The second-order valence-electron chi connectivity index (χ2n) is 6.09. The highest BCUT2D eigenvalue weighted by Crippen LogP contribution is 2.31. The monoisotopic (exact) mass is 293 g/mol. The molecule has 1 fully saturated rings. The molecule has 0 bridgehead atoms. The lowest BCUT2D eigenvalue weighted by atomic mass is 9.90. The second kappa shape index (κ2) is 5.87. The second-order valence-corrected chi connectivity index (χ2v) is 6.09. The van der Waals surface area contributed by atoms with Crippen LogP contribution < -0.4 is 0 Å². The zero-order chi connectivity index (χ0) is 15.6. The molecule has 0 aliphatic carbocycles. The first kappa shape index (κ1) is 15.5. The topological polar surface area (TPSA) is 75.4 Å². The maximum absolute atomic E-state index is 12.5. The van der Waals surface area contributed by atoms with Crippen LogP contribution in [0.3, 0.4) is 0 Å². The third-order valence-electron chi connectivity index (χ3n) is 4.19. The summed E-state index contributed by atoms with van der Waals surface area (Å²) in [5.74, 6) is -0.951. The van der Waals surface area contributed by atoms with Crippen LogP contribution in [0.15, 0.2) is 6.20 Å². The maximum Gasteiger partial charge on any atom is 0.311 e. The molecule has 6 heteroatoms. The van der Waals surface area contributed by atoms with Crippen LogP contribution in [-0.4, -0.2) is 44.8 Å². The minimum absolute atomic E-state index is 0.111. The fraction of sp³-hybridized carbons (Fsp3) is 0.667. The first-order valence-electron chi connectivity index (χ1n) is 7.44. The number of aryl methyl sites for hydroxylation is 2. The normalized spacial score (nSPS) is 21.8. The lowest BCUT2D eigenvalue weighted by molar-refractivity contribution is -0.147. The molecule has 21 heavy (non-hydrogen) atoms. The Labute approximate surface area is 124 Å². The molecule has 2 heterocycles. The molecule has 0 aromatic carbocycles. The predicted molar refractivity (Wildman–Crippen MR) is 78.1 cm³/mol. The number of carboxylic acids is 1. The molecule has 0 saturated carbocycles. The molecule has 6 nitrogen and oxygen atoms in total. The van der Waals surface area contributed by atoms with Gasteiger partial charge in [0.2, 0.25) is 0 Å². The van der Waals surface area contributed by atoms with Gasteiger partial charge >= 0.3 is 5.97 Å². The van der Waals surface area contributed by atoms with Crippen LogP contribution >= 0.6 is 0 Å². The minimum Gasteiger partial charge on any atom is -0.481 e. The zero-order valence-electron chi connectivity index (χ0n) is 12.9. The van der Waals surface area contributed by atoms with E-state index in [0.29, 0.717) is 24.2 Å². The Morgan fingerprint density at radius 2 is 2.19 bits per heavy atom.